The summed E-state index contributed by atoms with van der Waals surface area (Å²) < 4.78 is 39.2. The van der Waals surface area contributed by atoms with Crippen molar-refractivity contribution in [1.82, 2.24) is 30.1 Å². The Bertz CT molecular complexity index is 970. The molecule has 4 rings (SSSR count). The average molecular weight is 377 g/mol. The number of anilines is 1. The third-order valence-corrected chi connectivity index (χ3v) is 4.31. The molecule has 1 fully saturated rings. The Kier molecular flexibility index (Phi) is 4.13. The maximum absolute atomic E-state index is 12.5. The Hall–Kier alpha value is -3.24. The molecule has 8 nitrogen and oxygen atoms in total. The van der Waals surface area contributed by atoms with Crippen molar-refractivity contribution < 1.29 is 18.0 Å². The van der Waals surface area contributed by atoms with Crippen LogP contribution in [0.2, 0.25) is 0 Å². The minimum Gasteiger partial charge on any atom is -0.353 e. The van der Waals surface area contributed by atoms with E-state index >= 15 is 0 Å². The number of nitrogens with zero attached hydrogens (tertiary/aromatic N) is 6. The lowest BCUT2D eigenvalue weighted by molar-refractivity contribution is -0.141. The second-order valence-electron chi connectivity index (χ2n) is 6.16. The van der Waals surface area contributed by atoms with Crippen LogP contribution in [0, 0.1) is 0 Å². The first-order valence-electron chi connectivity index (χ1n) is 8.16. The Labute approximate surface area is 151 Å². The summed E-state index contributed by atoms with van der Waals surface area (Å²) in [4.78, 5) is 17.6. The fraction of sp³-hybridized carbons (Fsp3) is 0.312. The smallest absolute Gasteiger partial charge is 0.353 e. The maximum Gasteiger partial charge on any atom is 0.433 e. The monoisotopic (exact) mass is 377 g/mol. The normalized spacial score (nSPS) is 17.4. The third-order valence-electron chi connectivity index (χ3n) is 4.31. The minimum absolute atomic E-state index is 0.0884. The van der Waals surface area contributed by atoms with E-state index in [-0.39, 0.29) is 11.6 Å². The number of rotatable bonds is 3. The lowest BCUT2D eigenvalue weighted by Gasteiger charge is -2.17. The van der Waals surface area contributed by atoms with Gasteiger partial charge in [0.15, 0.2) is 5.65 Å². The van der Waals surface area contributed by atoms with Crippen LogP contribution < -0.4 is 10.2 Å². The van der Waals surface area contributed by atoms with Crippen molar-refractivity contribution in [1.29, 1.82) is 0 Å². The van der Waals surface area contributed by atoms with Crippen LogP contribution in [-0.4, -0.2) is 49.8 Å². The average Bonchev–Trinajstić information content (AvgIpc) is 3.29. The SMILES string of the molecule is O=C(N[C@@H]1CCN(c2ccc3nncn3n2)C1)c1ccc(C(F)(F)F)nc1. The van der Waals surface area contributed by atoms with Gasteiger partial charge in [0.1, 0.15) is 17.8 Å². The van der Waals surface area contributed by atoms with Gasteiger partial charge in [-0.15, -0.1) is 15.3 Å². The summed E-state index contributed by atoms with van der Waals surface area (Å²) in [6, 6.07) is 5.41. The van der Waals surface area contributed by atoms with Crippen LogP contribution in [0.4, 0.5) is 19.0 Å². The van der Waals surface area contributed by atoms with E-state index in [1.165, 1.54) is 6.33 Å². The first-order chi connectivity index (χ1) is 12.9. The van der Waals surface area contributed by atoms with E-state index in [9.17, 15) is 18.0 Å². The predicted octanol–water partition coefficient (Wildman–Crippen LogP) is 1.55. The molecule has 1 aliphatic heterocycles. The molecule has 3 aromatic heterocycles. The second-order valence-corrected chi connectivity index (χ2v) is 6.16. The fourth-order valence-corrected chi connectivity index (χ4v) is 2.94. The number of alkyl halides is 3. The third kappa shape index (κ3) is 3.52. The van der Waals surface area contributed by atoms with Crippen LogP contribution in [0.5, 0.6) is 0 Å². The molecule has 11 heteroatoms. The zero-order valence-electron chi connectivity index (χ0n) is 13.9. The summed E-state index contributed by atoms with van der Waals surface area (Å²) in [5.41, 5.74) is -0.301. The summed E-state index contributed by atoms with van der Waals surface area (Å²) in [5, 5.41) is 14.9. The van der Waals surface area contributed by atoms with Crippen LogP contribution in [0.1, 0.15) is 22.5 Å². The van der Waals surface area contributed by atoms with Crippen molar-refractivity contribution in [3.63, 3.8) is 0 Å². The molecule has 27 heavy (non-hydrogen) atoms. The molecular formula is C16H14F3N7O. The number of pyridine rings is 1. The van der Waals surface area contributed by atoms with E-state index in [1.54, 1.807) is 10.6 Å². The number of nitrogens with one attached hydrogen (secondary N) is 1. The molecule has 1 atom stereocenters. The molecule has 0 aliphatic carbocycles. The largest absolute Gasteiger partial charge is 0.433 e. The standard InChI is InChI=1S/C16H14F3N7O/c17-16(18,19)12-2-1-10(7-20-12)15(27)22-11-5-6-25(8-11)14-4-3-13-23-21-9-26(13)24-14/h1-4,7,9,11H,5-6,8H2,(H,22,27)/t11-/m1/s1. The number of carbonyl (C=O) groups excluding carboxylic acids is 1. The second kappa shape index (κ2) is 6.49. The molecule has 1 N–H and O–H groups in total. The highest BCUT2D eigenvalue weighted by Gasteiger charge is 2.32. The minimum atomic E-state index is -4.53. The molecule has 4 heterocycles. The Balaban J connectivity index is 1.39. The maximum atomic E-state index is 12.5. The number of hydrogen-bond donors (Lipinski definition) is 1. The molecule has 140 valence electrons. The molecule has 0 aromatic carbocycles. The topological polar surface area (TPSA) is 88.3 Å². The number of carbonyl (C=O) groups is 1. The predicted molar refractivity (Wildman–Crippen MR) is 88.1 cm³/mol. The molecule has 0 unspecified atom stereocenters. The van der Waals surface area contributed by atoms with Crippen molar-refractivity contribution in [2.45, 2.75) is 18.6 Å². The highest BCUT2D eigenvalue weighted by molar-refractivity contribution is 5.94. The summed E-state index contributed by atoms with van der Waals surface area (Å²) in [6.07, 6.45) is -1.39. The van der Waals surface area contributed by atoms with Gasteiger partial charge in [0.2, 0.25) is 0 Å². The fourth-order valence-electron chi connectivity index (χ4n) is 2.94. The van der Waals surface area contributed by atoms with Gasteiger partial charge >= 0.3 is 6.18 Å². The van der Waals surface area contributed by atoms with E-state index in [1.807, 2.05) is 11.0 Å². The summed E-state index contributed by atoms with van der Waals surface area (Å²) in [5.74, 6) is 0.278. The molecule has 1 amide bonds. The molecule has 1 aliphatic rings. The van der Waals surface area contributed by atoms with Gasteiger partial charge in [-0.3, -0.25) is 9.78 Å². The number of fused-ring (bicyclic) bond motifs is 1. The van der Waals surface area contributed by atoms with Crippen molar-refractivity contribution in [3.8, 4) is 0 Å². The number of amides is 1. The van der Waals surface area contributed by atoms with E-state index < -0.39 is 17.8 Å². The van der Waals surface area contributed by atoms with Crippen LogP contribution >= 0.6 is 0 Å². The van der Waals surface area contributed by atoms with Gasteiger partial charge in [-0.1, -0.05) is 0 Å². The lowest BCUT2D eigenvalue weighted by Crippen LogP contribution is -2.37. The molecule has 1 saturated heterocycles. The van der Waals surface area contributed by atoms with E-state index in [4.69, 9.17) is 0 Å². The van der Waals surface area contributed by atoms with E-state index in [0.29, 0.717) is 25.2 Å². The highest BCUT2D eigenvalue weighted by Crippen LogP contribution is 2.27. The quantitative estimate of drug-likeness (QED) is 0.745. The Morgan fingerprint density at radius 2 is 2.07 bits per heavy atom. The van der Waals surface area contributed by atoms with Crippen molar-refractivity contribution in [2.24, 2.45) is 0 Å². The summed E-state index contributed by atoms with van der Waals surface area (Å²) >= 11 is 0. The van der Waals surface area contributed by atoms with E-state index in [0.717, 1.165) is 24.1 Å². The van der Waals surface area contributed by atoms with Crippen LogP contribution in [-0.2, 0) is 6.18 Å². The van der Waals surface area contributed by atoms with Crippen molar-refractivity contribution >= 4 is 17.4 Å². The molecule has 0 bridgehead atoms. The van der Waals surface area contributed by atoms with Gasteiger partial charge in [-0.25, -0.2) is 0 Å². The molecule has 0 radical (unpaired) electrons. The first kappa shape index (κ1) is 17.2. The van der Waals surface area contributed by atoms with Crippen LogP contribution in [0.25, 0.3) is 5.65 Å². The van der Waals surface area contributed by atoms with Gasteiger partial charge < -0.3 is 10.2 Å². The molecule has 0 saturated carbocycles. The highest BCUT2D eigenvalue weighted by atomic mass is 19.4. The summed E-state index contributed by atoms with van der Waals surface area (Å²) in [7, 11) is 0. The summed E-state index contributed by atoms with van der Waals surface area (Å²) in [6.45, 7) is 1.23. The molecule has 3 aromatic rings. The first-order valence-corrected chi connectivity index (χ1v) is 8.16. The Morgan fingerprint density at radius 1 is 1.22 bits per heavy atom. The number of halogens is 3. The molecule has 0 spiro atoms. The van der Waals surface area contributed by atoms with Gasteiger partial charge in [0.05, 0.1) is 5.56 Å². The number of hydrogen-bond acceptors (Lipinski definition) is 6. The van der Waals surface area contributed by atoms with Gasteiger partial charge in [-0.05, 0) is 30.7 Å². The van der Waals surface area contributed by atoms with Crippen LogP contribution in [0.15, 0.2) is 36.8 Å². The zero-order chi connectivity index (χ0) is 19.0. The lowest BCUT2D eigenvalue weighted by atomic mass is 10.2. The molecular weight excluding hydrogens is 363 g/mol. The van der Waals surface area contributed by atoms with Crippen LogP contribution in [0.3, 0.4) is 0 Å². The zero-order valence-corrected chi connectivity index (χ0v) is 13.9. The Morgan fingerprint density at radius 3 is 2.81 bits per heavy atom. The van der Waals surface area contributed by atoms with Gasteiger partial charge in [0.25, 0.3) is 5.91 Å². The van der Waals surface area contributed by atoms with Gasteiger partial charge in [0, 0.05) is 25.3 Å². The van der Waals surface area contributed by atoms with Crippen molar-refractivity contribution in [2.75, 3.05) is 18.0 Å². The van der Waals surface area contributed by atoms with Crippen molar-refractivity contribution in [3.05, 3.63) is 48.0 Å². The van der Waals surface area contributed by atoms with Gasteiger partial charge in [-0.2, -0.15) is 17.7 Å². The number of aromatic nitrogens is 5. The van der Waals surface area contributed by atoms with E-state index in [2.05, 4.69) is 25.6 Å².